The smallest absolute Gasteiger partial charge is 0.212 e. The van der Waals surface area contributed by atoms with Crippen molar-refractivity contribution in [2.24, 2.45) is 19.5 Å². The van der Waals surface area contributed by atoms with Gasteiger partial charge in [0.25, 0.3) is 0 Å². The third-order valence-electron chi connectivity index (χ3n) is 5.84. The molecule has 0 fully saturated rings. The monoisotopic (exact) mass is 398 g/mol. The molecule has 4 aromatic rings. The minimum absolute atomic E-state index is 0.219. The number of benzene rings is 2. The summed E-state index contributed by atoms with van der Waals surface area (Å²) >= 11 is 0. The molecule has 0 aliphatic heterocycles. The lowest BCUT2D eigenvalue weighted by Crippen LogP contribution is -2.30. The molecule has 154 valence electrons. The number of nitrogens with zero attached hydrogens (tertiary/aromatic N) is 3. The van der Waals surface area contributed by atoms with Crippen molar-refractivity contribution in [1.82, 2.24) is 9.55 Å². The molecule has 0 bridgehead atoms. The van der Waals surface area contributed by atoms with E-state index >= 15 is 0 Å². The number of fused-ring (bicyclic) bond motifs is 1. The van der Waals surface area contributed by atoms with E-state index in [1.165, 1.54) is 39.0 Å². The van der Waals surface area contributed by atoms with Gasteiger partial charge < -0.3 is 4.57 Å². The van der Waals surface area contributed by atoms with Gasteiger partial charge in [-0.1, -0.05) is 39.0 Å². The lowest BCUT2D eigenvalue weighted by molar-refractivity contribution is -0.660. The zero-order valence-electron chi connectivity index (χ0n) is 19.2. The molecule has 4 rings (SSSR count). The fraction of sp³-hybridized carbons (Fsp3) is 0.333. The lowest BCUT2D eigenvalue weighted by Gasteiger charge is -2.18. The number of hydrogen-bond donors (Lipinski definition) is 0. The third-order valence-corrected chi connectivity index (χ3v) is 5.84. The summed E-state index contributed by atoms with van der Waals surface area (Å²) in [4.78, 5) is 5.18. The number of aromatic nitrogens is 3. The molecule has 0 saturated heterocycles. The van der Waals surface area contributed by atoms with E-state index in [2.05, 4.69) is 113 Å². The quantitative estimate of drug-likeness (QED) is 0.392. The first-order valence-electron chi connectivity index (χ1n) is 10.7. The lowest BCUT2D eigenvalue weighted by atomic mass is 9.87. The van der Waals surface area contributed by atoms with E-state index in [9.17, 15) is 0 Å². The minimum atomic E-state index is 0.219. The number of imidazole rings is 1. The molecule has 2 heterocycles. The van der Waals surface area contributed by atoms with E-state index in [1.54, 1.807) is 0 Å². The number of hydrogen-bond acceptors (Lipinski definition) is 1. The minimum Gasteiger partial charge on any atom is -0.327 e. The maximum Gasteiger partial charge on any atom is 0.212 e. The Morgan fingerprint density at radius 1 is 0.967 bits per heavy atom. The number of pyridine rings is 1. The van der Waals surface area contributed by atoms with Crippen molar-refractivity contribution in [2.45, 2.75) is 41.0 Å². The van der Waals surface area contributed by atoms with Crippen LogP contribution in [0.15, 0.2) is 54.7 Å². The molecule has 0 aliphatic rings. The van der Waals surface area contributed by atoms with Crippen LogP contribution < -0.4 is 4.57 Å². The van der Waals surface area contributed by atoms with E-state index in [0.29, 0.717) is 0 Å². The van der Waals surface area contributed by atoms with E-state index in [4.69, 9.17) is 4.98 Å². The maximum atomic E-state index is 5.18. The van der Waals surface area contributed by atoms with Crippen molar-refractivity contribution in [3.8, 4) is 22.6 Å². The van der Waals surface area contributed by atoms with Crippen LogP contribution in [0.2, 0.25) is 0 Å². The molecule has 0 atom stereocenters. The molecule has 0 aliphatic carbocycles. The van der Waals surface area contributed by atoms with Crippen LogP contribution in [0.3, 0.4) is 0 Å². The summed E-state index contributed by atoms with van der Waals surface area (Å²) in [6.07, 6.45) is 3.11. The Hall–Kier alpha value is -2.94. The van der Waals surface area contributed by atoms with Crippen LogP contribution in [0.4, 0.5) is 0 Å². The van der Waals surface area contributed by atoms with Crippen molar-refractivity contribution in [3.05, 3.63) is 71.4 Å². The van der Waals surface area contributed by atoms with E-state index in [1.807, 2.05) is 0 Å². The predicted molar refractivity (Wildman–Crippen MR) is 125 cm³/mol. The van der Waals surface area contributed by atoms with Crippen molar-refractivity contribution in [1.29, 1.82) is 0 Å². The van der Waals surface area contributed by atoms with Crippen molar-refractivity contribution < 1.29 is 4.57 Å². The zero-order chi connectivity index (χ0) is 21.6. The summed E-state index contributed by atoms with van der Waals surface area (Å²) in [6.45, 7) is 11.3. The predicted octanol–water partition coefficient (Wildman–Crippen LogP) is 5.94. The second kappa shape index (κ2) is 7.39. The van der Waals surface area contributed by atoms with Crippen molar-refractivity contribution in [2.75, 3.05) is 0 Å². The summed E-state index contributed by atoms with van der Waals surface area (Å²) < 4.78 is 4.43. The van der Waals surface area contributed by atoms with Gasteiger partial charge in [0.15, 0.2) is 6.20 Å². The summed E-state index contributed by atoms with van der Waals surface area (Å²) in [5.41, 5.74) is 10.1. The topological polar surface area (TPSA) is 21.7 Å². The van der Waals surface area contributed by atoms with E-state index in [0.717, 1.165) is 17.8 Å². The molecule has 30 heavy (non-hydrogen) atoms. The first kappa shape index (κ1) is 20.3. The van der Waals surface area contributed by atoms with Gasteiger partial charge in [0.1, 0.15) is 12.9 Å². The average molecular weight is 399 g/mol. The molecule has 3 nitrogen and oxygen atoms in total. The Balaban J connectivity index is 1.93. The average Bonchev–Trinajstić information content (AvgIpc) is 2.98. The normalized spacial score (nSPS) is 12.0. The Kier molecular flexibility index (Phi) is 5.01. The standard InChI is InChI=1S/C27H32N3/c1-18-15-20(17-27(3,4)5)25-24(16-18)30(7)26(28-25)22-12-10-11-21(19(22)2)23-13-8-9-14-29(23)6/h8-16H,17H2,1-7H3/q+1. The molecular formula is C27H32N3+. The van der Waals surface area contributed by atoms with Gasteiger partial charge in [-0.25, -0.2) is 9.55 Å². The van der Waals surface area contributed by atoms with E-state index < -0.39 is 0 Å². The van der Waals surface area contributed by atoms with Crippen LogP contribution in [0.25, 0.3) is 33.7 Å². The van der Waals surface area contributed by atoms with Crippen LogP contribution in [0.1, 0.15) is 37.5 Å². The molecule has 0 N–H and O–H groups in total. The zero-order valence-corrected chi connectivity index (χ0v) is 19.2. The molecular weight excluding hydrogens is 366 g/mol. The largest absolute Gasteiger partial charge is 0.327 e. The maximum absolute atomic E-state index is 5.18. The Labute approximate surface area is 180 Å². The van der Waals surface area contributed by atoms with Crippen LogP contribution in [-0.4, -0.2) is 9.55 Å². The Bertz CT molecular complexity index is 1240. The van der Waals surface area contributed by atoms with Gasteiger partial charge in [0.2, 0.25) is 5.69 Å². The first-order chi connectivity index (χ1) is 14.2. The second-order valence-electron chi connectivity index (χ2n) is 9.70. The molecule has 3 heteroatoms. The molecule has 0 radical (unpaired) electrons. The first-order valence-corrected chi connectivity index (χ1v) is 10.7. The van der Waals surface area contributed by atoms with Gasteiger partial charge in [0.05, 0.1) is 11.0 Å². The molecule has 0 spiro atoms. The number of rotatable bonds is 3. The highest BCUT2D eigenvalue weighted by atomic mass is 15.1. The van der Waals surface area contributed by atoms with Crippen molar-refractivity contribution >= 4 is 11.0 Å². The van der Waals surface area contributed by atoms with Gasteiger partial charge in [-0.2, -0.15) is 0 Å². The highest BCUT2D eigenvalue weighted by molar-refractivity contribution is 5.86. The van der Waals surface area contributed by atoms with Crippen molar-refractivity contribution in [3.63, 3.8) is 0 Å². The summed E-state index contributed by atoms with van der Waals surface area (Å²) in [7, 11) is 4.23. The number of aryl methyl sites for hydroxylation is 3. The SMILES string of the molecule is Cc1cc(CC(C)(C)C)c2nc(-c3cccc(-c4cccc[n+]4C)c3C)n(C)c2c1. The van der Waals surface area contributed by atoms with Crippen LogP contribution in [0, 0.1) is 19.3 Å². The second-order valence-corrected chi connectivity index (χ2v) is 9.70. The van der Waals surface area contributed by atoms with Gasteiger partial charge in [-0.05, 0) is 60.6 Å². The van der Waals surface area contributed by atoms with Crippen LogP contribution in [-0.2, 0) is 20.5 Å². The molecule has 0 unspecified atom stereocenters. The Morgan fingerprint density at radius 3 is 2.40 bits per heavy atom. The highest BCUT2D eigenvalue weighted by Crippen LogP contribution is 2.34. The fourth-order valence-electron chi connectivity index (χ4n) is 4.42. The Morgan fingerprint density at radius 2 is 1.70 bits per heavy atom. The summed E-state index contributed by atoms with van der Waals surface area (Å²) in [5, 5.41) is 0. The van der Waals surface area contributed by atoms with Gasteiger partial charge >= 0.3 is 0 Å². The van der Waals surface area contributed by atoms with Gasteiger partial charge in [0, 0.05) is 30.3 Å². The third kappa shape index (κ3) is 3.65. The summed E-state index contributed by atoms with van der Waals surface area (Å²) in [5.74, 6) is 1.03. The molecule has 0 saturated carbocycles. The molecule has 2 aromatic heterocycles. The van der Waals surface area contributed by atoms with Crippen LogP contribution >= 0.6 is 0 Å². The molecule has 0 amide bonds. The fourth-order valence-corrected chi connectivity index (χ4v) is 4.42. The van der Waals surface area contributed by atoms with Gasteiger partial charge in [-0.15, -0.1) is 0 Å². The summed E-state index contributed by atoms with van der Waals surface area (Å²) in [6, 6.07) is 17.4. The van der Waals surface area contributed by atoms with E-state index in [-0.39, 0.29) is 5.41 Å². The van der Waals surface area contributed by atoms with Crippen LogP contribution in [0.5, 0.6) is 0 Å². The highest BCUT2D eigenvalue weighted by Gasteiger charge is 2.21. The molecule has 2 aromatic carbocycles. The van der Waals surface area contributed by atoms with Gasteiger partial charge in [-0.3, -0.25) is 0 Å².